The van der Waals surface area contributed by atoms with Crippen LogP contribution in [0, 0.1) is 0 Å². The highest BCUT2D eigenvalue weighted by molar-refractivity contribution is 5.63. The summed E-state index contributed by atoms with van der Waals surface area (Å²) in [6.07, 6.45) is 1.60. The maximum absolute atomic E-state index is 9.46. The fraction of sp³-hybridized carbons (Fsp3) is 0.200. The first-order valence-corrected chi connectivity index (χ1v) is 4.20. The van der Waals surface area contributed by atoms with Crippen LogP contribution < -0.4 is 0 Å². The zero-order chi connectivity index (χ0) is 10.1. The summed E-state index contributed by atoms with van der Waals surface area (Å²) in [5.41, 5.74) is 1.30. The van der Waals surface area contributed by atoms with Crippen LogP contribution in [-0.2, 0) is 11.3 Å². The highest BCUT2D eigenvalue weighted by Crippen LogP contribution is 2.32. The summed E-state index contributed by atoms with van der Waals surface area (Å²) in [6.45, 7) is 0.0314. The van der Waals surface area contributed by atoms with Crippen molar-refractivity contribution in [2.24, 2.45) is 0 Å². The van der Waals surface area contributed by atoms with Crippen molar-refractivity contribution >= 4 is 6.08 Å². The SMILES string of the molecule is OCC1=Cc2cc(O)cc(O)c2CO1. The Bertz CT molecular complexity index is 395. The van der Waals surface area contributed by atoms with Gasteiger partial charge in [0.1, 0.15) is 30.5 Å². The lowest BCUT2D eigenvalue weighted by Crippen LogP contribution is -2.05. The van der Waals surface area contributed by atoms with Crippen LogP contribution in [0.1, 0.15) is 11.1 Å². The number of rotatable bonds is 1. The molecule has 0 atom stereocenters. The van der Waals surface area contributed by atoms with E-state index in [-0.39, 0.29) is 24.7 Å². The van der Waals surface area contributed by atoms with Gasteiger partial charge in [-0.1, -0.05) is 0 Å². The van der Waals surface area contributed by atoms with Gasteiger partial charge in [0.2, 0.25) is 0 Å². The first-order valence-electron chi connectivity index (χ1n) is 4.20. The highest BCUT2D eigenvalue weighted by Gasteiger charge is 2.15. The third kappa shape index (κ3) is 1.40. The van der Waals surface area contributed by atoms with Crippen molar-refractivity contribution < 1.29 is 20.1 Å². The second-order valence-corrected chi connectivity index (χ2v) is 3.09. The molecule has 1 aliphatic heterocycles. The number of phenolic OH excluding ortho intramolecular Hbond substituents is 2. The Hall–Kier alpha value is -1.68. The Labute approximate surface area is 80.7 Å². The van der Waals surface area contributed by atoms with Gasteiger partial charge in [-0.3, -0.25) is 0 Å². The van der Waals surface area contributed by atoms with E-state index in [2.05, 4.69) is 0 Å². The fourth-order valence-corrected chi connectivity index (χ4v) is 1.42. The van der Waals surface area contributed by atoms with Crippen LogP contribution in [0.2, 0.25) is 0 Å². The van der Waals surface area contributed by atoms with E-state index in [9.17, 15) is 10.2 Å². The first-order chi connectivity index (χ1) is 6.70. The van der Waals surface area contributed by atoms with Crippen molar-refractivity contribution in [3.8, 4) is 11.5 Å². The van der Waals surface area contributed by atoms with Gasteiger partial charge in [-0.25, -0.2) is 0 Å². The van der Waals surface area contributed by atoms with Gasteiger partial charge in [0.25, 0.3) is 0 Å². The Morgan fingerprint density at radius 2 is 2.07 bits per heavy atom. The summed E-state index contributed by atoms with van der Waals surface area (Å²) in [5.74, 6) is 0.437. The summed E-state index contributed by atoms with van der Waals surface area (Å²) in [6, 6.07) is 2.78. The fourth-order valence-electron chi connectivity index (χ4n) is 1.42. The standard InChI is InChI=1S/C10H10O4/c11-4-8-2-6-1-7(12)3-10(13)9(6)5-14-8/h1-3,11-13H,4-5H2. The Morgan fingerprint density at radius 3 is 2.79 bits per heavy atom. The van der Waals surface area contributed by atoms with E-state index in [4.69, 9.17) is 9.84 Å². The maximum Gasteiger partial charge on any atom is 0.126 e. The van der Waals surface area contributed by atoms with Gasteiger partial charge >= 0.3 is 0 Å². The normalized spacial score (nSPS) is 14.2. The minimum absolute atomic E-state index is 0.00307. The lowest BCUT2D eigenvalue weighted by atomic mass is 10.0. The van der Waals surface area contributed by atoms with E-state index in [1.54, 1.807) is 6.08 Å². The average molecular weight is 194 g/mol. The predicted octanol–water partition coefficient (Wildman–Crippen LogP) is 0.961. The van der Waals surface area contributed by atoms with E-state index >= 15 is 0 Å². The molecule has 0 aliphatic carbocycles. The van der Waals surface area contributed by atoms with Gasteiger partial charge in [0.15, 0.2) is 0 Å². The maximum atomic E-state index is 9.46. The third-order valence-corrected chi connectivity index (χ3v) is 2.12. The summed E-state index contributed by atoms with van der Waals surface area (Å²) in [5, 5.41) is 27.5. The van der Waals surface area contributed by atoms with Gasteiger partial charge in [-0.2, -0.15) is 0 Å². The molecule has 0 fully saturated rings. The molecule has 0 bridgehead atoms. The molecule has 14 heavy (non-hydrogen) atoms. The Balaban J connectivity index is 2.52. The molecule has 1 aromatic rings. The molecule has 0 aromatic heterocycles. The van der Waals surface area contributed by atoms with Gasteiger partial charge in [0.05, 0.1) is 0 Å². The molecule has 0 saturated carbocycles. The number of hydrogen-bond donors (Lipinski definition) is 3. The molecule has 0 unspecified atom stereocenters. The summed E-state index contributed by atoms with van der Waals surface area (Å²) >= 11 is 0. The third-order valence-electron chi connectivity index (χ3n) is 2.12. The summed E-state index contributed by atoms with van der Waals surface area (Å²) in [4.78, 5) is 0. The number of phenols is 2. The number of aliphatic hydroxyl groups excluding tert-OH is 1. The zero-order valence-electron chi connectivity index (χ0n) is 7.40. The highest BCUT2D eigenvalue weighted by atomic mass is 16.5. The lowest BCUT2D eigenvalue weighted by Gasteiger charge is -2.17. The van der Waals surface area contributed by atoms with Crippen LogP contribution in [0.15, 0.2) is 17.9 Å². The topological polar surface area (TPSA) is 69.9 Å². The van der Waals surface area contributed by atoms with E-state index in [1.807, 2.05) is 0 Å². The molecule has 0 spiro atoms. The summed E-state index contributed by atoms with van der Waals surface area (Å²) < 4.78 is 5.14. The molecular formula is C10H10O4. The number of fused-ring (bicyclic) bond motifs is 1. The molecule has 0 amide bonds. The van der Waals surface area contributed by atoms with Crippen molar-refractivity contribution in [3.05, 3.63) is 29.0 Å². The van der Waals surface area contributed by atoms with Crippen LogP contribution >= 0.6 is 0 Å². The summed E-state index contributed by atoms with van der Waals surface area (Å²) in [7, 11) is 0. The molecule has 1 aliphatic rings. The van der Waals surface area contributed by atoms with E-state index in [1.165, 1.54) is 12.1 Å². The van der Waals surface area contributed by atoms with Crippen LogP contribution in [0.4, 0.5) is 0 Å². The number of aromatic hydroxyl groups is 2. The molecule has 4 heteroatoms. The molecule has 0 radical (unpaired) electrons. The van der Waals surface area contributed by atoms with Crippen LogP contribution in [0.3, 0.4) is 0 Å². The molecule has 3 N–H and O–H groups in total. The molecule has 2 rings (SSSR count). The van der Waals surface area contributed by atoms with Gasteiger partial charge in [0, 0.05) is 11.6 Å². The molecule has 4 nitrogen and oxygen atoms in total. The average Bonchev–Trinajstić information content (AvgIpc) is 2.16. The minimum Gasteiger partial charge on any atom is -0.508 e. The predicted molar refractivity (Wildman–Crippen MR) is 49.6 cm³/mol. The molecule has 1 heterocycles. The molecule has 1 aromatic carbocycles. The van der Waals surface area contributed by atoms with Crippen LogP contribution in [0.5, 0.6) is 11.5 Å². The van der Waals surface area contributed by atoms with Crippen molar-refractivity contribution in [1.82, 2.24) is 0 Å². The van der Waals surface area contributed by atoms with E-state index in [0.717, 1.165) is 0 Å². The largest absolute Gasteiger partial charge is 0.508 e. The first kappa shape index (κ1) is 8.90. The molecule has 74 valence electrons. The quantitative estimate of drug-likeness (QED) is 0.622. The second kappa shape index (κ2) is 3.23. The second-order valence-electron chi connectivity index (χ2n) is 3.09. The van der Waals surface area contributed by atoms with E-state index < -0.39 is 0 Å². The van der Waals surface area contributed by atoms with Gasteiger partial charge in [-0.05, 0) is 17.7 Å². The zero-order valence-corrected chi connectivity index (χ0v) is 7.40. The lowest BCUT2D eigenvalue weighted by molar-refractivity contribution is 0.148. The number of aliphatic hydroxyl groups is 1. The van der Waals surface area contributed by atoms with Crippen molar-refractivity contribution in [1.29, 1.82) is 0 Å². The monoisotopic (exact) mass is 194 g/mol. The van der Waals surface area contributed by atoms with Crippen LogP contribution in [-0.4, -0.2) is 21.9 Å². The van der Waals surface area contributed by atoms with Crippen molar-refractivity contribution in [3.63, 3.8) is 0 Å². The van der Waals surface area contributed by atoms with E-state index in [0.29, 0.717) is 16.9 Å². The van der Waals surface area contributed by atoms with Crippen molar-refractivity contribution in [2.75, 3.05) is 6.61 Å². The van der Waals surface area contributed by atoms with Gasteiger partial charge < -0.3 is 20.1 Å². The number of ether oxygens (including phenoxy) is 1. The Kier molecular flexibility index (Phi) is 2.05. The minimum atomic E-state index is -0.185. The van der Waals surface area contributed by atoms with Crippen molar-refractivity contribution in [2.45, 2.75) is 6.61 Å². The molecular weight excluding hydrogens is 184 g/mol. The Morgan fingerprint density at radius 1 is 1.29 bits per heavy atom. The number of hydrogen-bond acceptors (Lipinski definition) is 4. The van der Waals surface area contributed by atoms with Gasteiger partial charge in [-0.15, -0.1) is 0 Å². The number of benzene rings is 1. The molecule has 0 saturated heterocycles. The van der Waals surface area contributed by atoms with Crippen LogP contribution in [0.25, 0.3) is 6.08 Å². The smallest absolute Gasteiger partial charge is 0.126 e.